The highest BCUT2D eigenvalue weighted by atomic mass is 32.2. The lowest BCUT2D eigenvalue weighted by molar-refractivity contribution is 0.303. The van der Waals surface area contributed by atoms with Crippen LogP contribution in [0.1, 0.15) is 48.9 Å². The summed E-state index contributed by atoms with van der Waals surface area (Å²) in [7, 11) is 0. The fourth-order valence-electron chi connectivity index (χ4n) is 2.81. The van der Waals surface area contributed by atoms with Gasteiger partial charge >= 0.3 is 0 Å². The normalized spacial score (nSPS) is 23.9. The molecule has 0 radical (unpaired) electrons. The third kappa shape index (κ3) is 3.14. The second-order valence-electron chi connectivity index (χ2n) is 5.45. The molecule has 104 valence electrons. The number of aromatic nitrogens is 1. The van der Waals surface area contributed by atoms with Crippen molar-refractivity contribution in [3.8, 4) is 0 Å². The van der Waals surface area contributed by atoms with Gasteiger partial charge in [0.2, 0.25) is 0 Å². The first-order chi connectivity index (χ1) is 9.30. The van der Waals surface area contributed by atoms with Crippen molar-refractivity contribution in [2.45, 2.75) is 57.5 Å². The number of hydrogen-bond acceptors (Lipinski definition) is 4. The molecule has 0 aromatic carbocycles. The van der Waals surface area contributed by atoms with Gasteiger partial charge in [0, 0.05) is 22.4 Å². The zero-order valence-corrected chi connectivity index (χ0v) is 13.1. The SMILES string of the molecule is CCc1cnc(CN=C2NC3(CCCCC3)CS2)s1. The summed E-state index contributed by atoms with van der Waals surface area (Å²) in [6, 6.07) is 0. The molecule has 3 rings (SSSR count). The highest BCUT2D eigenvalue weighted by Gasteiger charge is 2.37. The molecule has 1 saturated carbocycles. The summed E-state index contributed by atoms with van der Waals surface area (Å²) >= 11 is 3.68. The average molecular weight is 295 g/mol. The van der Waals surface area contributed by atoms with Crippen molar-refractivity contribution in [1.82, 2.24) is 10.3 Å². The summed E-state index contributed by atoms with van der Waals surface area (Å²) in [6.45, 7) is 2.90. The van der Waals surface area contributed by atoms with Crippen LogP contribution in [0.3, 0.4) is 0 Å². The van der Waals surface area contributed by atoms with E-state index in [2.05, 4.69) is 17.2 Å². The van der Waals surface area contributed by atoms with Crippen LogP contribution in [0.2, 0.25) is 0 Å². The molecule has 0 amide bonds. The Morgan fingerprint density at radius 3 is 2.95 bits per heavy atom. The van der Waals surface area contributed by atoms with Crippen molar-refractivity contribution in [1.29, 1.82) is 0 Å². The van der Waals surface area contributed by atoms with E-state index < -0.39 is 0 Å². The zero-order valence-electron chi connectivity index (χ0n) is 11.4. The molecule has 19 heavy (non-hydrogen) atoms. The highest BCUT2D eigenvalue weighted by molar-refractivity contribution is 8.14. The van der Waals surface area contributed by atoms with Gasteiger partial charge in [-0.2, -0.15) is 0 Å². The number of thiazole rings is 1. The first kappa shape index (κ1) is 13.4. The summed E-state index contributed by atoms with van der Waals surface area (Å²) in [5.41, 5.74) is 0.360. The average Bonchev–Trinajstić information content (AvgIpc) is 3.05. The van der Waals surface area contributed by atoms with Crippen LogP contribution in [0.15, 0.2) is 11.2 Å². The largest absolute Gasteiger partial charge is 0.359 e. The van der Waals surface area contributed by atoms with Crippen LogP contribution in [0.4, 0.5) is 0 Å². The summed E-state index contributed by atoms with van der Waals surface area (Å²) in [4.78, 5) is 10.5. The molecule has 0 atom stereocenters. The number of nitrogens with zero attached hydrogens (tertiary/aromatic N) is 2. The van der Waals surface area contributed by atoms with Crippen molar-refractivity contribution in [2.75, 3.05) is 5.75 Å². The summed E-state index contributed by atoms with van der Waals surface area (Å²) in [5, 5.41) is 5.96. The Hall–Kier alpha value is -0.550. The molecule has 2 fully saturated rings. The van der Waals surface area contributed by atoms with E-state index in [0.29, 0.717) is 5.54 Å². The van der Waals surface area contributed by atoms with Crippen LogP contribution in [-0.2, 0) is 13.0 Å². The van der Waals surface area contributed by atoms with Gasteiger partial charge in [0.05, 0.1) is 6.54 Å². The Morgan fingerprint density at radius 1 is 1.37 bits per heavy atom. The van der Waals surface area contributed by atoms with E-state index >= 15 is 0 Å². The Labute approximate surface area is 123 Å². The lowest BCUT2D eigenvalue weighted by Crippen LogP contribution is -2.45. The molecule has 1 aliphatic heterocycles. The maximum atomic E-state index is 4.71. The second kappa shape index (κ2) is 5.83. The molecule has 1 aliphatic carbocycles. The topological polar surface area (TPSA) is 37.3 Å². The molecule has 2 aliphatic rings. The lowest BCUT2D eigenvalue weighted by atomic mass is 9.83. The number of aryl methyl sites for hydroxylation is 1. The Bertz CT molecular complexity index is 461. The fraction of sp³-hybridized carbons (Fsp3) is 0.714. The molecule has 1 saturated heterocycles. The van der Waals surface area contributed by atoms with Gasteiger partial charge in [0.1, 0.15) is 5.01 Å². The van der Waals surface area contributed by atoms with Crippen LogP contribution < -0.4 is 5.32 Å². The predicted molar refractivity (Wildman–Crippen MR) is 84.0 cm³/mol. The maximum Gasteiger partial charge on any atom is 0.157 e. The lowest BCUT2D eigenvalue weighted by Gasteiger charge is -2.32. The van der Waals surface area contributed by atoms with Gasteiger partial charge in [-0.3, -0.25) is 4.99 Å². The van der Waals surface area contributed by atoms with E-state index in [0.717, 1.165) is 23.1 Å². The van der Waals surface area contributed by atoms with E-state index in [4.69, 9.17) is 4.99 Å². The summed E-state index contributed by atoms with van der Waals surface area (Å²) < 4.78 is 0. The number of amidine groups is 1. The Morgan fingerprint density at radius 2 is 2.21 bits per heavy atom. The second-order valence-corrected chi connectivity index (χ2v) is 7.61. The molecule has 0 bridgehead atoms. The standard InChI is InChI=1S/C14H21N3S2/c1-2-11-8-15-12(19-11)9-16-13-17-14(10-18-13)6-4-3-5-7-14/h8H,2-7,9-10H2,1H3,(H,16,17). The van der Waals surface area contributed by atoms with Crippen LogP contribution in [0.25, 0.3) is 0 Å². The quantitative estimate of drug-likeness (QED) is 0.925. The Kier molecular flexibility index (Phi) is 4.12. The molecule has 1 N–H and O–H groups in total. The van der Waals surface area contributed by atoms with Crippen LogP contribution in [-0.4, -0.2) is 21.4 Å². The van der Waals surface area contributed by atoms with Crippen molar-refractivity contribution >= 4 is 28.3 Å². The molecule has 0 unspecified atom stereocenters. The van der Waals surface area contributed by atoms with Crippen molar-refractivity contribution in [3.05, 3.63) is 16.1 Å². The molecular formula is C14H21N3S2. The zero-order chi connectivity index (χ0) is 13.1. The molecule has 2 heterocycles. The van der Waals surface area contributed by atoms with Crippen LogP contribution in [0, 0.1) is 0 Å². The van der Waals surface area contributed by atoms with Gasteiger partial charge in [-0.05, 0) is 19.3 Å². The smallest absolute Gasteiger partial charge is 0.157 e. The third-order valence-corrected chi connectivity index (χ3v) is 6.30. The molecular weight excluding hydrogens is 274 g/mol. The van der Waals surface area contributed by atoms with Crippen molar-refractivity contribution in [2.24, 2.45) is 4.99 Å². The first-order valence-corrected chi connectivity index (χ1v) is 8.99. The first-order valence-electron chi connectivity index (χ1n) is 7.19. The monoisotopic (exact) mass is 295 g/mol. The van der Waals surface area contributed by atoms with Gasteiger partial charge in [-0.25, -0.2) is 4.98 Å². The number of thioether (sulfide) groups is 1. The van der Waals surface area contributed by atoms with Gasteiger partial charge in [-0.15, -0.1) is 11.3 Å². The van der Waals surface area contributed by atoms with Gasteiger partial charge in [-0.1, -0.05) is 37.9 Å². The van der Waals surface area contributed by atoms with E-state index in [1.165, 1.54) is 42.7 Å². The van der Waals surface area contributed by atoms with E-state index in [-0.39, 0.29) is 0 Å². The molecule has 3 nitrogen and oxygen atoms in total. The molecule has 1 aromatic heterocycles. The number of aliphatic imine (C=N–C) groups is 1. The minimum atomic E-state index is 0.360. The van der Waals surface area contributed by atoms with Gasteiger partial charge in [0.15, 0.2) is 5.17 Å². The highest BCUT2D eigenvalue weighted by Crippen LogP contribution is 2.36. The number of rotatable bonds is 3. The van der Waals surface area contributed by atoms with Crippen molar-refractivity contribution in [3.63, 3.8) is 0 Å². The molecule has 5 heteroatoms. The van der Waals surface area contributed by atoms with Crippen molar-refractivity contribution < 1.29 is 0 Å². The van der Waals surface area contributed by atoms with E-state index in [1.54, 1.807) is 11.3 Å². The third-order valence-electron chi connectivity index (χ3n) is 3.98. The minimum Gasteiger partial charge on any atom is -0.359 e. The van der Waals surface area contributed by atoms with E-state index in [9.17, 15) is 0 Å². The maximum absolute atomic E-state index is 4.71. The molecule has 1 aromatic rings. The van der Waals surface area contributed by atoms with Crippen LogP contribution >= 0.6 is 23.1 Å². The van der Waals surface area contributed by atoms with Crippen LogP contribution in [0.5, 0.6) is 0 Å². The minimum absolute atomic E-state index is 0.360. The predicted octanol–water partition coefficient (Wildman–Crippen LogP) is 3.60. The fourth-order valence-corrected chi connectivity index (χ4v) is 4.82. The number of nitrogens with one attached hydrogen (secondary N) is 1. The summed E-state index contributed by atoms with van der Waals surface area (Å²) in [5.74, 6) is 1.20. The Balaban J connectivity index is 1.59. The molecule has 1 spiro atoms. The number of hydrogen-bond donors (Lipinski definition) is 1. The van der Waals surface area contributed by atoms with E-state index in [1.807, 2.05) is 18.0 Å². The van der Waals surface area contributed by atoms with Gasteiger partial charge in [0.25, 0.3) is 0 Å². The summed E-state index contributed by atoms with van der Waals surface area (Å²) in [6.07, 6.45) is 9.83. The van der Waals surface area contributed by atoms with Gasteiger partial charge < -0.3 is 5.32 Å².